The molecule has 0 saturated carbocycles. The van der Waals surface area contributed by atoms with Gasteiger partial charge in [0.05, 0.1) is 6.61 Å². The van der Waals surface area contributed by atoms with Gasteiger partial charge in [0, 0.05) is 24.7 Å². The molecule has 0 radical (unpaired) electrons. The Balaban J connectivity index is 1.66. The summed E-state index contributed by atoms with van der Waals surface area (Å²) in [5.41, 5.74) is -1.01. The van der Waals surface area contributed by atoms with Crippen LogP contribution >= 0.6 is 11.6 Å². The third-order valence-corrected chi connectivity index (χ3v) is 7.79. The lowest BCUT2D eigenvalue weighted by atomic mass is 9.95. The van der Waals surface area contributed by atoms with Gasteiger partial charge in [0.25, 0.3) is 5.91 Å². The fourth-order valence-electron chi connectivity index (χ4n) is 3.54. The average Bonchev–Trinajstić information content (AvgIpc) is 2.69. The normalized spacial score (nSPS) is 27.3. The first-order valence-corrected chi connectivity index (χ1v) is 10.8. The predicted octanol–water partition coefficient (Wildman–Crippen LogP) is 0.538. The highest BCUT2D eigenvalue weighted by Crippen LogP contribution is 2.31. The fraction of sp³-hybridized carbons (Fsp3) is 0.588. The van der Waals surface area contributed by atoms with E-state index in [1.807, 2.05) is 0 Å². The van der Waals surface area contributed by atoms with E-state index in [0.29, 0.717) is 23.6 Å². The molecule has 1 amide bonds. The first kappa shape index (κ1) is 21.3. The lowest BCUT2D eigenvalue weighted by Gasteiger charge is -2.41. The van der Waals surface area contributed by atoms with Crippen LogP contribution in [0.4, 0.5) is 0 Å². The molecular weight excluding hydrogens is 412 g/mol. The highest BCUT2D eigenvalue weighted by atomic mass is 35.5. The van der Waals surface area contributed by atoms with Gasteiger partial charge in [0.2, 0.25) is 10.0 Å². The Morgan fingerprint density at radius 2 is 1.89 bits per heavy atom. The summed E-state index contributed by atoms with van der Waals surface area (Å²) in [5, 5.41) is 18.7. The molecule has 2 atom stereocenters. The van der Waals surface area contributed by atoms with Crippen LogP contribution in [-0.2, 0) is 19.6 Å². The first-order valence-electron chi connectivity index (χ1n) is 8.93. The van der Waals surface area contributed by atoms with Gasteiger partial charge in [0.15, 0.2) is 5.60 Å². The molecule has 0 aliphatic carbocycles. The fourth-order valence-corrected chi connectivity index (χ4v) is 5.81. The number of amides is 1. The van der Waals surface area contributed by atoms with Crippen molar-refractivity contribution in [2.45, 2.75) is 36.2 Å². The Morgan fingerprint density at radius 3 is 2.50 bits per heavy atom. The summed E-state index contributed by atoms with van der Waals surface area (Å²) in [6.07, 6.45) is 0.737. The number of nitrogens with one attached hydrogen (secondary N) is 1. The Hall–Kier alpha value is -1.43. The van der Waals surface area contributed by atoms with Gasteiger partial charge in [-0.1, -0.05) is 11.6 Å². The average molecular weight is 435 g/mol. The zero-order valence-electron chi connectivity index (χ0n) is 15.1. The molecule has 2 fully saturated rings. The minimum absolute atomic E-state index is 0.0482. The van der Waals surface area contributed by atoms with E-state index in [2.05, 4.69) is 0 Å². The van der Waals surface area contributed by atoms with Crippen molar-refractivity contribution >= 4 is 27.5 Å². The van der Waals surface area contributed by atoms with E-state index in [1.165, 1.54) is 9.79 Å². The summed E-state index contributed by atoms with van der Waals surface area (Å²) >= 11 is 5.85. The van der Waals surface area contributed by atoms with Gasteiger partial charge in [-0.3, -0.25) is 10.0 Å². The zero-order chi connectivity index (χ0) is 20.4. The molecule has 2 saturated heterocycles. The van der Waals surface area contributed by atoms with Gasteiger partial charge in [-0.25, -0.2) is 18.2 Å². The Kier molecular flexibility index (Phi) is 6.47. The van der Waals surface area contributed by atoms with Crippen LogP contribution in [-0.4, -0.2) is 72.2 Å². The molecule has 1 aromatic carbocycles. The maximum Gasteiger partial charge on any atom is 0.279 e. The SMILES string of the molecule is O=C(NO)C1(O)COCCC1S(=O)(=O)N1CCC(Oc2ccc(Cl)cc2)CC1. The Morgan fingerprint density at radius 1 is 1.25 bits per heavy atom. The molecule has 0 spiro atoms. The van der Waals surface area contributed by atoms with E-state index in [9.17, 15) is 18.3 Å². The minimum Gasteiger partial charge on any atom is -0.490 e. The molecule has 2 unspecified atom stereocenters. The number of carbonyl (C=O) groups excluding carboxylic acids is 1. The Bertz CT molecular complexity index is 796. The molecule has 2 heterocycles. The molecule has 1 aromatic rings. The molecule has 2 aliphatic rings. The maximum atomic E-state index is 13.1. The van der Waals surface area contributed by atoms with E-state index < -0.39 is 33.4 Å². The number of ether oxygens (including phenoxy) is 2. The van der Waals surface area contributed by atoms with Crippen LogP contribution in [0.3, 0.4) is 0 Å². The smallest absolute Gasteiger partial charge is 0.279 e. The molecule has 3 rings (SSSR count). The summed E-state index contributed by atoms with van der Waals surface area (Å²) in [6, 6.07) is 6.94. The van der Waals surface area contributed by atoms with E-state index in [0.717, 1.165) is 0 Å². The van der Waals surface area contributed by atoms with E-state index >= 15 is 0 Å². The van der Waals surface area contributed by atoms with Gasteiger partial charge < -0.3 is 14.6 Å². The second-order valence-electron chi connectivity index (χ2n) is 6.91. The second-order valence-corrected chi connectivity index (χ2v) is 9.46. The zero-order valence-corrected chi connectivity index (χ0v) is 16.7. The molecule has 0 bridgehead atoms. The van der Waals surface area contributed by atoms with E-state index in [4.69, 9.17) is 26.3 Å². The quantitative estimate of drug-likeness (QED) is 0.456. The summed E-state index contributed by atoms with van der Waals surface area (Å²) in [7, 11) is -3.99. The molecule has 9 nitrogen and oxygen atoms in total. The predicted molar refractivity (Wildman–Crippen MR) is 99.7 cm³/mol. The van der Waals surface area contributed by atoms with Crippen LogP contribution in [0, 0.1) is 0 Å². The number of carbonyl (C=O) groups is 1. The topological polar surface area (TPSA) is 125 Å². The number of aliphatic hydroxyl groups is 1. The van der Waals surface area contributed by atoms with Crippen LogP contribution in [0.1, 0.15) is 19.3 Å². The third kappa shape index (κ3) is 4.27. The van der Waals surface area contributed by atoms with Crippen molar-refractivity contribution < 1.29 is 33.0 Å². The van der Waals surface area contributed by atoms with Crippen LogP contribution < -0.4 is 10.2 Å². The standard InChI is InChI=1S/C17H23ClN2O7S/c18-12-1-3-13(4-2-12)27-14-5-8-20(9-6-14)28(24,25)15-7-10-26-11-17(15,22)16(21)19-23/h1-4,14-15,22-23H,5-11H2,(H,19,21). The van der Waals surface area contributed by atoms with E-state index in [1.54, 1.807) is 24.3 Å². The van der Waals surface area contributed by atoms with Crippen molar-refractivity contribution in [1.29, 1.82) is 0 Å². The van der Waals surface area contributed by atoms with E-state index in [-0.39, 0.29) is 32.2 Å². The first-order chi connectivity index (χ1) is 13.3. The van der Waals surface area contributed by atoms with Crippen LogP contribution in [0.2, 0.25) is 5.02 Å². The van der Waals surface area contributed by atoms with Gasteiger partial charge >= 0.3 is 0 Å². The Labute approximate surface area is 168 Å². The number of benzene rings is 1. The van der Waals surface area contributed by atoms with Crippen molar-refractivity contribution in [3.8, 4) is 5.75 Å². The number of hydrogen-bond donors (Lipinski definition) is 3. The number of hydrogen-bond acceptors (Lipinski definition) is 7. The lowest BCUT2D eigenvalue weighted by Crippen LogP contribution is -2.64. The van der Waals surface area contributed by atoms with Crippen LogP contribution in [0.5, 0.6) is 5.75 Å². The summed E-state index contributed by atoms with van der Waals surface area (Å²) in [4.78, 5) is 11.9. The van der Waals surface area contributed by atoms with Crippen molar-refractivity contribution in [3.63, 3.8) is 0 Å². The largest absolute Gasteiger partial charge is 0.490 e. The third-order valence-electron chi connectivity index (χ3n) is 5.11. The van der Waals surface area contributed by atoms with Crippen LogP contribution in [0.15, 0.2) is 24.3 Å². The minimum atomic E-state index is -3.99. The summed E-state index contributed by atoms with van der Waals surface area (Å²) < 4.78 is 38.4. The molecule has 28 heavy (non-hydrogen) atoms. The second kappa shape index (κ2) is 8.52. The maximum absolute atomic E-state index is 13.1. The van der Waals surface area contributed by atoms with Crippen molar-refractivity contribution in [2.75, 3.05) is 26.3 Å². The van der Waals surface area contributed by atoms with Gasteiger partial charge in [-0.2, -0.15) is 0 Å². The highest BCUT2D eigenvalue weighted by Gasteiger charge is 2.54. The summed E-state index contributed by atoms with van der Waals surface area (Å²) in [5.74, 6) is -0.536. The van der Waals surface area contributed by atoms with Gasteiger partial charge in [0.1, 0.15) is 17.1 Å². The van der Waals surface area contributed by atoms with Crippen LogP contribution in [0.25, 0.3) is 0 Å². The molecule has 156 valence electrons. The summed E-state index contributed by atoms with van der Waals surface area (Å²) in [6.45, 7) is 0.00400. The molecule has 0 aromatic heterocycles. The van der Waals surface area contributed by atoms with Gasteiger partial charge in [-0.05, 0) is 43.5 Å². The van der Waals surface area contributed by atoms with Gasteiger partial charge in [-0.15, -0.1) is 0 Å². The van der Waals surface area contributed by atoms with Crippen molar-refractivity contribution in [3.05, 3.63) is 29.3 Å². The monoisotopic (exact) mass is 434 g/mol. The highest BCUT2D eigenvalue weighted by molar-refractivity contribution is 7.89. The lowest BCUT2D eigenvalue weighted by molar-refractivity contribution is -0.161. The molecule has 3 N–H and O–H groups in total. The number of piperidine rings is 1. The van der Waals surface area contributed by atoms with Crippen molar-refractivity contribution in [2.24, 2.45) is 0 Å². The molecular formula is C17H23ClN2O7S. The number of sulfonamides is 1. The molecule has 2 aliphatic heterocycles. The van der Waals surface area contributed by atoms with Crippen molar-refractivity contribution in [1.82, 2.24) is 9.79 Å². The molecule has 11 heteroatoms. The number of hydroxylamine groups is 1. The number of rotatable bonds is 5. The number of halogens is 1. The number of nitrogens with zero attached hydrogens (tertiary/aromatic N) is 1.